The van der Waals surface area contributed by atoms with Gasteiger partial charge in [-0.3, -0.25) is 10.00 Å². The van der Waals surface area contributed by atoms with Gasteiger partial charge in [0.25, 0.3) is 0 Å². The number of nitrogens with one attached hydrogen (secondary N) is 1. The van der Waals surface area contributed by atoms with Gasteiger partial charge < -0.3 is 14.4 Å². The summed E-state index contributed by atoms with van der Waals surface area (Å²) in [5.74, 6) is -0.167. The first-order valence-electron chi connectivity index (χ1n) is 6.44. The van der Waals surface area contributed by atoms with Gasteiger partial charge in [0.1, 0.15) is 5.69 Å². The molecule has 0 bridgehead atoms. The topological polar surface area (TPSA) is 68.6 Å². The summed E-state index contributed by atoms with van der Waals surface area (Å²) >= 11 is 0. The summed E-state index contributed by atoms with van der Waals surface area (Å²) in [6, 6.07) is 0.212. The Hall–Kier alpha value is -1.81. The van der Waals surface area contributed by atoms with Gasteiger partial charge in [0, 0.05) is 40.4 Å². The Morgan fingerprint density at radius 1 is 1.32 bits per heavy atom. The molecule has 7 nitrogen and oxygen atoms in total. The summed E-state index contributed by atoms with van der Waals surface area (Å²) in [6.45, 7) is 1.16. The van der Waals surface area contributed by atoms with Crippen molar-refractivity contribution in [2.24, 2.45) is 7.05 Å². The maximum atomic E-state index is 12.7. The van der Waals surface area contributed by atoms with Crippen molar-refractivity contribution in [2.45, 2.75) is 6.18 Å². The van der Waals surface area contributed by atoms with Crippen LogP contribution in [0.2, 0.25) is 0 Å². The average molecular weight is 324 g/mol. The van der Waals surface area contributed by atoms with Crippen LogP contribution in [0.15, 0.2) is 6.07 Å². The maximum Gasteiger partial charge on any atom is 0.433 e. The summed E-state index contributed by atoms with van der Waals surface area (Å²) < 4.78 is 48.5. The van der Waals surface area contributed by atoms with Crippen LogP contribution in [0.1, 0.15) is 5.69 Å². The van der Waals surface area contributed by atoms with Crippen LogP contribution >= 0.6 is 0 Å². The van der Waals surface area contributed by atoms with Crippen molar-refractivity contribution in [3.8, 4) is 0 Å². The largest absolute Gasteiger partial charge is 0.433 e. The number of hydrogen-bond acceptors (Lipinski definition) is 4. The number of amides is 2. The van der Waals surface area contributed by atoms with Crippen LogP contribution in [0.3, 0.4) is 0 Å². The molecular formula is C12H19F3N4O3. The predicted octanol–water partition coefficient (Wildman–Crippen LogP) is 1.57. The second kappa shape index (κ2) is 7.99. The van der Waals surface area contributed by atoms with Gasteiger partial charge in [-0.2, -0.15) is 18.3 Å². The minimum absolute atomic E-state index is 0.167. The zero-order valence-electron chi connectivity index (χ0n) is 12.6. The number of carbonyl (C=O) groups excluding carboxylic acids is 1. The molecule has 1 aromatic heterocycles. The molecule has 2 amide bonds. The Labute approximate surface area is 126 Å². The molecule has 0 unspecified atom stereocenters. The van der Waals surface area contributed by atoms with Crippen molar-refractivity contribution >= 4 is 11.8 Å². The quantitative estimate of drug-likeness (QED) is 0.826. The fourth-order valence-electron chi connectivity index (χ4n) is 1.70. The Morgan fingerprint density at radius 2 is 1.86 bits per heavy atom. The van der Waals surface area contributed by atoms with Gasteiger partial charge in [-0.25, -0.2) is 4.79 Å². The molecule has 0 saturated heterocycles. The van der Waals surface area contributed by atoms with E-state index in [1.165, 1.54) is 19.1 Å². The third kappa shape index (κ3) is 5.19. The van der Waals surface area contributed by atoms with Gasteiger partial charge in [0.2, 0.25) is 0 Å². The van der Waals surface area contributed by atoms with Crippen molar-refractivity contribution in [1.82, 2.24) is 14.7 Å². The number of hydrogen-bond donors (Lipinski definition) is 1. The minimum Gasteiger partial charge on any atom is -0.383 e. The summed E-state index contributed by atoms with van der Waals surface area (Å²) in [5, 5.41) is 5.97. The van der Waals surface area contributed by atoms with E-state index >= 15 is 0 Å². The summed E-state index contributed by atoms with van der Waals surface area (Å²) in [5.41, 5.74) is -0.942. The molecule has 1 heterocycles. The third-order valence-corrected chi connectivity index (χ3v) is 2.82. The number of urea groups is 1. The lowest BCUT2D eigenvalue weighted by Crippen LogP contribution is -2.39. The highest BCUT2D eigenvalue weighted by Gasteiger charge is 2.35. The number of anilines is 1. The maximum absolute atomic E-state index is 12.7. The van der Waals surface area contributed by atoms with Crippen LogP contribution in [0.25, 0.3) is 0 Å². The normalized spacial score (nSPS) is 11.5. The molecule has 0 aliphatic heterocycles. The zero-order valence-corrected chi connectivity index (χ0v) is 12.6. The van der Waals surface area contributed by atoms with Gasteiger partial charge in [-0.15, -0.1) is 0 Å². The highest BCUT2D eigenvalue weighted by molar-refractivity contribution is 5.88. The lowest BCUT2D eigenvalue weighted by Gasteiger charge is -2.21. The van der Waals surface area contributed by atoms with Crippen LogP contribution in [-0.2, 0) is 22.7 Å². The molecule has 22 heavy (non-hydrogen) atoms. The van der Waals surface area contributed by atoms with Crippen LogP contribution in [0, 0.1) is 0 Å². The molecule has 126 valence electrons. The van der Waals surface area contributed by atoms with Crippen molar-refractivity contribution in [3.63, 3.8) is 0 Å². The SMILES string of the molecule is COCCN(CCOC)C(=O)Nc1cc(C(F)(F)F)n(C)n1. The first-order chi connectivity index (χ1) is 10.3. The van der Waals surface area contributed by atoms with E-state index in [-0.39, 0.29) is 18.9 Å². The highest BCUT2D eigenvalue weighted by Crippen LogP contribution is 2.30. The third-order valence-electron chi connectivity index (χ3n) is 2.82. The molecule has 1 N–H and O–H groups in total. The lowest BCUT2D eigenvalue weighted by molar-refractivity contribution is -0.143. The number of rotatable bonds is 7. The van der Waals surface area contributed by atoms with Crippen molar-refractivity contribution < 1.29 is 27.4 Å². The summed E-state index contributed by atoms with van der Waals surface area (Å²) in [6.07, 6.45) is -4.53. The fraction of sp³-hybridized carbons (Fsp3) is 0.667. The molecule has 1 rings (SSSR count). The summed E-state index contributed by atoms with van der Waals surface area (Å²) in [4.78, 5) is 13.4. The molecule has 0 saturated carbocycles. The fourth-order valence-corrected chi connectivity index (χ4v) is 1.70. The molecule has 0 spiro atoms. The van der Waals surface area contributed by atoms with Crippen LogP contribution in [-0.4, -0.2) is 61.2 Å². The highest BCUT2D eigenvalue weighted by atomic mass is 19.4. The minimum atomic E-state index is -4.53. The Bertz CT molecular complexity index is 482. The van der Waals surface area contributed by atoms with Gasteiger partial charge in [0.05, 0.1) is 13.2 Å². The Kier molecular flexibility index (Phi) is 6.62. The van der Waals surface area contributed by atoms with Crippen LogP contribution < -0.4 is 5.32 Å². The number of halogens is 3. The van der Waals surface area contributed by atoms with E-state index in [4.69, 9.17) is 9.47 Å². The Morgan fingerprint density at radius 3 is 2.27 bits per heavy atom. The Balaban J connectivity index is 2.76. The molecule has 10 heteroatoms. The predicted molar refractivity (Wildman–Crippen MR) is 72.6 cm³/mol. The van der Waals surface area contributed by atoms with Gasteiger partial charge in [-0.05, 0) is 0 Å². The average Bonchev–Trinajstić information content (AvgIpc) is 2.79. The smallest absolute Gasteiger partial charge is 0.383 e. The standard InChI is InChI=1S/C12H19F3N4O3/c1-18-9(12(13,14)15)8-10(17-18)16-11(20)19(4-6-21-2)5-7-22-3/h8H,4-7H2,1-3H3,(H,16,17,20). The number of nitrogens with zero attached hydrogens (tertiary/aromatic N) is 3. The number of methoxy groups -OCH3 is 2. The molecule has 0 atom stereocenters. The second-order valence-electron chi connectivity index (χ2n) is 4.44. The molecular weight excluding hydrogens is 305 g/mol. The molecule has 0 radical (unpaired) electrons. The van der Waals surface area contributed by atoms with E-state index in [2.05, 4.69) is 10.4 Å². The number of aromatic nitrogens is 2. The number of alkyl halides is 3. The first kappa shape index (κ1) is 18.2. The molecule has 1 aromatic rings. The van der Waals surface area contributed by atoms with Gasteiger partial charge >= 0.3 is 12.2 Å². The second-order valence-corrected chi connectivity index (χ2v) is 4.44. The number of carbonyl (C=O) groups is 1. The van der Waals surface area contributed by atoms with Crippen molar-refractivity contribution in [3.05, 3.63) is 11.8 Å². The number of aryl methyl sites for hydroxylation is 1. The van der Waals surface area contributed by atoms with Crippen LogP contribution in [0.4, 0.5) is 23.8 Å². The monoisotopic (exact) mass is 324 g/mol. The molecule has 0 fully saturated rings. The zero-order chi connectivity index (χ0) is 16.8. The summed E-state index contributed by atoms with van der Waals surface area (Å²) in [7, 11) is 4.13. The lowest BCUT2D eigenvalue weighted by atomic mass is 10.4. The van der Waals surface area contributed by atoms with Crippen molar-refractivity contribution in [2.75, 3.05) is 45.8 Å². The van der Waals surface area contributed by atoms with Crippen LogP contribution in [0.5, 0.6) is 0 Å². The van der Waals surface area contributed by atoms with E-state index in [1.54, 1.807) is 0 Å². The van der Waals surface area contributed by atoms with Crippen molar-refractivity contribution in [1.29, 1.82) is 0 Å². The van der Waals surface area contributed by atoms with Gasteiger partial charge in [0.15, 0.2) is 5.82 Å². The van der Waals surface area contributed by atoms with E-state index < -0.39 is 17.9 Å². The van der Waals surface area contributed by atoms with E-state index in [9.17, 15) is 18.0 Å². The molecule has 0 aliphatic rings. The van der Waals surface area contributed by atoms with E-state index in [0.29, 0.717) is 17.9 Å². The number of ether oxygens (including phenoxy) is 2. The molecule has 0 aliphatic carbocycles. The molecule has 0 aromatic carbocycles. The van der Waals surface area contributed by atoms with Gasteiger partial charge in [-0.1, -0.05) is 0 Å². The first-order valence-corrected chi connectivity index (χ1v) is 6.44. The van der Waals surface area contributed by atoms with E-state index in [0.717, 1.165) is 13.1 Å². The van der Waals surface area contributed by atoms with E-state index in [1.807, 2.05) is 0 Å².